The normalized spacial score (nSPS) is 16.0. The predicted molar refractivity (Wildman–Crippen MR) is 354 cm³/mol. The zero-order chi connectivity index (χ0) is 64.1. The van der Waals surface area contributed by atoms with Crippen LogP contribution in [-0.4, -0.2) is 147 Å². The number of fused-ring (bicyclic) bond motifs is 6. The monoisotopic (exact) mass is 1240 g/mol. The summed E-state index contributed by atoms with van der Waals surface area (Å²) in [6.07, 6.45) is 13.1. The highest BCUT2D eigenvalue weighted by Crippen LogP contribution is 2.35. The first-order chi connectivity index (χ1) is 44.4. The van der Waals surface area contributed by atoms with Crippen molar-refractivity contribution in [1.29, 1.82) is 0 Å². The molecule has 0 amide bonds. The van der Waals surface area contributed by atoms with Crippen molar-refractivity contribution in [3.8, 4) is 33.8 Å². The lowest BCUT2D eigenvalue weighted by molar-refractivity contribution is 0.170. The molecule has 0 spiro atoms. The molecule has 3 aliphatic rings. The summed E-state index contributed by atoms with van der Waals surface area (Å²) in [6.45, 7) is 29.2. The number of aryl methyl sites for hydroxylation is 6. The van der Waals surface area contributed by atoms with Crippen LogP contribution in [0.5, 0.6) is 0 Å². The van der Waals surface area contributed by atoms with Crippen LogP contribution in [0.25, 0.3) is 83.4 Å². The van der Waals surface area contributed by atoms with Crippen molar-refractivity contribution in [3.63, 3.8) is 0 Å². The molecule has 0 saturated carbocycles. The summed E-state index contributed by atoms with van der Waals surface area (Å²) in [6, 6.07) is 22.3. The molecule has 92 heavy (non-hydrogen) atoms. The fraction of sp³-hybridized carbons (Fsp3) is 0.408. The fourth-order valence-corrected chi connectivity index (χ4v) is 13.6. The lowest BCUT2D eigenvalue weighted by Gasteiger charge is -2.34. The molecule has 12 heterocycles. The van der Waals surface area contributed by atoms with Gasteiger partial charge in [0.1, 0.15) is 17.5 Å². The molecule has 0 atom stereocenters. The highest BCUT2D eigenvalue weighted by atomic mass is 19.1. The second-order valence-electron chi connectivity index (χ2n) is 25.8. The van der Waals surface area contributed by atoms with Crippen molar-refractivity contribution < 1.29 is 13.2 Å². The molecule has 15 rings (SSSR count). The van der Waals surface area contributed by atoms with Crippen molar-refractivity contribution in [2.24, 2.45) is 0 Å². The Balaban J connectivity index is 0.000000126. The van der Waals surface area contributed by atoms with Gasteiger partial charge in [-0.1, -0.05) is 13.8 Å². The maximum Gasteiger partial charge on any atom is 0.156 e. The van der Waals surface area contributed by atoms with E-state index in [1.165, 1.54) is 6.42 Å². The Bertz CT molecular complexity index is 4700. The Kier molecular flexibility index (Phi) is 17.6. The van der Waals surface area contributed by atoms with Gasteiger partial charge in [0, 0.05) is 56.6 Å². The van der Waals surface area contributed by atoms with Gasteiger partial charge in [-0.05, 0) is 242 Å². The molecular weight excluding hydrogens is 1160 g/mol. The van der Waals surface area contributed by atoms with Gasteiger partial charge in [-0.15, -0.1) is 0 Å². The Morgan fingerprint density at radius 1 is 0.413 bits per heavy atom. The van der Waals surface area contributed by atoms with Crippen LogP contribution >= 0.6 is 0 Å². The second kappa shape index (κ2) is 26.1. The molecule has 18 nitrogen and oxygen atoms in total. The minimum Gasteiger partial charge on any atom is -0.304 e. The third-order valence-electron chi connectivity index (χ3n) is 18.8. The van der Waals surface area contributed by atoms with Crippen LogP contribution in [-0.2, 0) is 0 Å². The van der Waals surface area contributed by atoms with Gasteiger partial charge in [-0.3, -0.25) is 0 Å². The molecule has 3 saturated heterocycles. The molecule has 0 N–H and O–H groups in total. The second-order valence-corrected chi connectivity index (χ2v) is 25.8. The lowest BCUT2D eigenvalue weighted by atomic mass is 9.92. The van der Waals surface area contributed by atoms with E-state index < -0.39 is 0 Å². The first-order valence-electron chi connectivity index (χ1n) is 32.5. The summed E-state index contributed by atoms with van der Waals surface area (Å²) in [5, 5.41) is 42.0. The van der Waals surface area contributed by atoms with Gasteiger partial charge < -0.3 is 14.7 Å². The number of rotatable bonds is 10. The Morgan fingerprint density at radius 2 is 0.739 bits per heavy atom. The van der Waals surface area contributed by atoms with E-state index >= 15 is 13.2 Å². The average Bonchev–Trinajstić information content (AvgIpc) is 1.82. The van der Waals surface area contributed by atoms with Crippen LogP contribution in [0.4, 0.5) is 13.2 Å². The first-order valence-corrected chi connectivity index (χ1v) is 32.5. The summed E-state index contributed by atoms with van der Waals surface area (Å²) in [7, 11) is 0. The highest BCUT2D eigenvalue weighted by molar-refractivity contribution is 5.86. The quantitative estimate of drug-likeness (QED) is 0.126. The van der Waals surface area contributed by atoms with E-state index in [-0.39, 0.29) is 17.5 Å². The van der Waals surface area contributed by atoms with Gasteiger partial charge in [-0.25, -0.2) is 41.7 Å². The molecule has 3 fully saturated rings. The van der Waals surface area contributed by atoms with E-state index in [9.17, 15) is 0 Å². The molecule has 3 aromatic carbocycles. The van der Waals surface area contributed by atoms with E-state index in [0.717, 1.165) is 159 Å². The molecular formula is C71H79F3N18. The van der Waals surface area contributed by atoms with E-state index in [1.807, 2.05) is 115 Å². The van der Waals surface area contributed by atoms with Gasteiger partial charge >= 0.3 is 0 Å². The summed E-state index contributed by atoms with van der Waals surface area (Å²) in [5.74, 6) is 0.173. The molecule has 0 radical (unpaired) electrons. The molecule has 9 aromatic heterocycles. The first kappa shape index (κ1) is 62.0. The van der Waals surface area contributed by atoms with Gasteiger partial charge in [0.15, 0.2) is 16.9 Å². The zero-order valence-electron chi connectivity index (χ0n) is 54.3. The third kappa shape index (κ3) is 12.9. The molecule has 0 unspecified atom stereocenters. The number of piperidine rings is 3. The summed E-state index contributed by atoms with van der Waals surface area (Å²) in [5.41, 5.74) is 16.6. The van der Waals surface area contributed by atoms with E-state index in [2.05, 4.69) is 103 Å². The largest absolute Gasteiger partial charge is 0.304 e. The number of aromatic nitrogens is 15. The number of likely N-dealkylation sites (tertiary alicyclic amines) is 3. The SMILES string of the molecule is CCCN1CCC(c2cc3c(F)cc(-c4cc(C)c5nc(C)cn5n4)cc3nn2)CC1.CCN1CCC(c2cc3c(F)cc(-c4cc(C)c5nc(C)cn5n4)cc3nn2)CC1.Cc1cn2nc(-c3cc(F)c4cc(C5CCN(C(C)C)CC5)nnc4c3)cc(C)c2n1. The molecule has 474 valence electrons. The Hall–Kier alpha value is -8.79. The number of hydrogen-bond acceptors (Lipinski definition) is 15. The van der Waals surface area contributed by atoms with Gasteiger partial charge in [-0.2, -0.15) is 45.9 Å². The summed E-state index contributed by atoms with van der Waals surface area (Å²) in [4.78, 5) is 20.9. The maximum absolute atomic E-state index is 15.1. The van der Waals surface area contributed by atoms with E-state index in [1.54, 1.807) is 31.7 Å². The van der Waals surface area contributed by atoms with Gasteiger partial charge in [0.05, 0.1) is 86.4 Å². The van der Waals surface area contributed by atoms with Crippen LogP contribution in [0.3, 0.4) is 0 Å². The minimum atomic E-state index is -0.287. The van der Waals surface area contributed by atoms with Crippen LogP contribution in [0, 0.1) is 59.0 Å². The van der Waals surface area contributed by atoms with Crippen molar-refractivity contribution in [3.05, 3.63) is 160 Å². The third-order valence-corrected chi connectivity index (χ3v) is 18.8. The predicted octanol–water partition coefficient (Wildman–Crippen LogP) is 13.7. The fourth-order valence-electron chi connectivity index (χ4n) is 13.6. The smallest absolute Gasteiger partial charge is 0.156 e. The molecule has 0 bridgehead atoms. The van der Waals surface area contributed by atoms with Crippen LogP contribution in [0.1, 0.15) is 141 Å². The number of halogens is 3. The summed E-state index contributed by atoms with van der Waals surface area (Å²) >= 11 is 0. The van der Waals surface area contributed by atoms with Crippen LogP contribution in [0.15, 0.2) is 91.4 Å². The van der Waals surface area contributed by atoms with Gasteiger partial charge in [0.2, 0.25) is 0 Å². The van der Waals surface area contributed by atoms with Crippen molar-refractivity contribution in [2.75, 3.05) is 52.4 Å². The molecule has 12 aromatic rings. The van der Waals surface area contributed by atoms with Crippen LogP contribution in [0.2, 0.25) is 0 Å². The average molecular weight is 1240 g/mol. The van der Waals surface area contributed by atoms with Gasteiger partial charge in [0.25, 0.3) is 0 Å². The minimum absolute atomic E-state index is 0.284. The highest BCUT2D eigenvalue weighted by Gasteiger charge is 2.27. The standard InChI is InChI=1S/2C24H27FN6.C23H25FN6/c1-14(2)30-7-5-17(6-8-30)21-12-19-20(25)10-18(11-23(19)28-27-21)22-9-15(3)24-26-16(4)13-31(24)29-22;1-4-7-30-8-5-17(6-9-30)21-13-19-20(25)11-18(12-23(19)28-27-21)22-10-15(2)24-26-16(3)14-31(24)29-22;1-4-29-7-5-16(6-8-29)20-12-18-19(24)10-17(11-22(18)27-26-20)21-9-14(2)23-25-15(3)13-30(23)28-21/h9-14,17H,5-8H2,1-4H3;10-14,17H,4-9H2,1-3H3;9-13,16H,4-8H2,1-3H3. The summed E-state index contributed by atoms with van der Waals surface area (Å²) < 4.78 is 50.6. The maximum atomic E-state index is 15.1. The van der Waals surface area contributed by atoms with Crippen molar-refractivity contribution >= 4 is 49.7 Å². The molecule has 3 aliphatic heterocycles. The zero-order valence-corrected chi connectivity index (χ0v) is 54.3. The number of hydrogen-bond donors (Lipinski definition) is 0. The molecule has 21 heteroatoms. The lowest BCUT2D eigenvalue weighted by Crippen LogP contribution is -2.38. The molecule has 0 aliphatic carbocycles. The number of benzene rings is 3. The Morgan fingerprint density at radius 3 is 1.05 bits per heavy atom. The topological polar surface area (TPSA) is 178 Å². The van der Waals surface area contributed by atoms with Crippen LogP contribution < -0.4 is 0 Å². The van der Waals surface area contributed by atoms with E-state index in [4.69, 9.17) is 0 Å². The van der Waals surface area contributed by atoms with Crippen molar-refractivity contribution in [2.45, 2.75) is 138 Å². The van der Waals surface area contributed by atoms with Crippen molar-refractivity contribution in [1.82, 2.24) is 89.1 Å². The Labute approximate surface area is 533 Å². The van der Waals surface area contributed by atoms with E-state index in [0.29, 0.717) is 90.3 Å². The number of imidazole rings is 3. The number of nitrogens with zero attached hydrogens (tertiary/aromatic N) is 18.